The van der Waals surface area contributed by atoms with Crippen molar-refractivity contribution in [2.45, 2.75) is 38.7 Å². The van der Waals surface area contributed by atoms with Gasteiger partial charge in [-0.3, -0.25) is 0 Å². The number of hydrogen-bond donors (Lipinski definition) is 1. The summed E-state index contributed by atoms with van der Waals surface area (Å²) in [5, 5.41) is 9.73. The Morgan fingerprint density at radius 2 is 2.27 bits per heavy atom. The molecule has 0 aromatic heterocycles. The van der Waals surface area contributed by atoms with Gasteiger partial charge in [0.15, 0.2) is 9.84 Å². The molecule has 15 heavy (non-hydrogen) atoms. The zero-order chi connectivity index (χ0) is 11.5. The van der Waals surface area contributed by atoms with E-state index in [2.05, 4.69) is 6.58 Å². The molecule has 0 aromatic rings. The van der Waals surface area contributed by atoms with Gasteiger partial charge in [-0.25, -0.2) is 8.42 Å². The fourth-order valence-electron chi connectivity index (χ4n) is 2.00. The summed E-state index contributed by atoms with van der Waals surface area (Å²) >= 11 is 0. The summed E-state index contributed by atoms with van der Waals surface area (Å²) in [6.07, 6.45) is 2.36. The number of rotatable bonds is 5. The standard InChI is InChI=1S/C11H20O3S/c1-3-9(2)6-11(12)7-10-4-5-15(13,14)8-10/h10-12H,2-8H2,1H3. The Bertz CT molecular complexity index is 319. The van der Waals surface area contributed by atoms with Crippen LogP contribution in [0.15, 0.2) is 12.2 Å². The van der Waals surface area contributed by atoms with Crippen LogP contribution in [-0.2, 0) is 9.84 Å². The lowest BCUT2D eigenvalue weighted by Gasteiger charge is -2.15. The summed E-state index contributed by atoms with van der Waals surface area (Å²) in [6.45, 7) is 5.85. The topological polar surface area (TPSA) is 54.4 Å². The molecule has 2 unspecified atom stereocenters. The smallest absolute Gasteiger partial charge is 0.150 e. The summed E-state index contributed by atoms with van der Waals surface area (Å²) in [7, 11) is -2.81. The molecule has 0 amide bonds. The number of hydrogen-bond acceptors (Lipinski definition) is 3. The van der Waals surface area contributed by atoms with Crippen LogP contribution in [0, 0.1) is 5.92 Å². The monoisotopic (exact) mass is 232 g/mol. The largest absolute Gasteiger partial charge is 0.393 e. The molecule has 0 aliphatic carbocycles. The molecule has 0 spiro atoms. The first kappa shape index (κ1) is 12.7. The van der Waals surface area contributed by atoms with Gasteiger partial charge in [0.25, 0.3) is 0 Å². The van der Waals surface area contributed by atoms with E-state index in [0.29, 0.717) is 25.0 Å². The van der Waals surface area contributed by atoms with Crippen molar-refractivity contribution >= 4 is 9.84 Å². The molecular weight excluding hydrogens is 212 g/mol. The lowest BCUT2D eigenvalue weighted by Crippen LogP contribution is -2.15. The van der Waals surface area contributed by atoms with Gasteiger partial charge in [0.05, 0.1) is 17.6 Å². The lowest BCUT2D eigenvalue weighted by atomic mass is 9.96. The highest BCUT2D eigenvalue weighted by atomic mass is 32.2. The van der Waals surface area contributed by atoms with Gasteiger partial charge in [-0.05, 0) is 31.6 Å². The van der Waals surface area contributed by atoms with Crippen molar-refractivity contribution < 1.29 is 13.5 Å². The minimum absolute atomic E-state index is 0.148. The summed E-state index contributed by atoms with van der Waals surface area (Å²) in [4.78, 5) is 0. The van der Waals surface area contributed by atoms with E-state index >= 15 is 0 Å². The summed E-state index contributed by atoms with van der Waals surface area (Å²) in [6, 6.07) is 0. The number of sulfone groups is 1. The lowest BCUT2D eigenvalue weighted by molar-refractivity contribution is 0.146. The predicted molar refractivity (Wildman–Crippen MR) is 61.4 cm³/mol. The quantitative estimate of drug-likeness (QED) is 0.731. The Balaban J connectivity index is 2.33. The van der Waals surface area contributed by atoms with Crippen LogP contribution in [0.1, 0.15) is 32.6 Å². The van der Waals surface area contributed by atoms with Crippen molar-refractivity contribution in [2.75, 3.05) is 11.5 Å². The Hall–Kier alpha value is -0.350. The summed E-state index contributed by atoms with van der Waals surface area (Å²) < 4.78 is 22.4. The molecule has 1 N–H and O–H groups in total. The second-order valence-electron chi connectivity index (χ2n) is 4.47. The third kappa shape index (κ3) is 4.34. The van der Waals surface area contributed by atoms with Gasteiger partial charge in [0.1, 0.15) is 0 Å². The molecule has 1 aliphatic rings. The highest BCUT2D eigenvalue weighted by Crippen LogP contribution is 2.24. The Kier molecular flexibility index (Phi) is 4.34. The third-order valence-corrected chi connectivity index (χ3v) is 4.79. The molecule has 1 fully saturated rings. The first-order chi connectivity index (χ1) is 6.93. The molecule has 1 saturated heterocycles. The Labute approximate surface area is 92.1 Å². The maximum atomic E-state index is 11.2. The third-order valence-electron chi connectivity index (χ3n) is 2.96. The minimum atomic E-state index is -2.81. The molecule has 1 heterocycles. The van der Waals surface area contributed by atoms with Crippen molar-refractivity contribution in [1.29, 1.82) is 0 Å². The van der Waals surface area contributed by atoms with Crippen LogP contribution in [0.25, 0.3) is 0 Å². The highest BCUT2D eigenvalue weighted by molar-refractivity contribution is 7.91. The first-order valence-corrected chi connectivity index (χ1v) is 7.30. The average molecular weight is 232 g/mol. The normalized spacial score (nSPS) is 26.4. The predicted octanol–water partition coefficient (Wildman–Crippen LogP) is 1.53. The van der Waals surface area contributed by atoms with E-state index in [1.54, 1.807) is 0 Å². The molecule has 3 nitrogen and oxygen atoms in total. The number of aliphatic hydroxyl groups is 1. The van der Waals surface area contributed by atoms with Gasteiger partial charge in [-0.1, -0.05) is 19.1 Å². The average Bonchev–Trinajstić information content (AvgIpc) is 2.44. The van der Waals surface area contributed by atoms with E-state index in [0.717, 1.165) is 12.0 Å². The SMILES string of the molecule is C=C(CC)CC(O)CC1CCS(=O)(=O)C1. The summed E-state index contributed by atoms with van der Waals surface area (Å²) in [5.41, 5.74) is 1.03. The van der Waals surface area contributed by atoms with Gasteiger partial charge in [0.2, 0.25) is 0 Å². The molecule has 0 aromatic carbocycles. The molecule has 0 bridgehead atoms. The molecule has 1 rings (SSSR count). The van der Waals surface area contributed by atoms with E-state index in [1.807, 2.05) is 6.92 Å². The number of aliphatic hydroxyl groups excluding tert-OH is 1. The van der Waals surface area contributed by atoms with E-state index < -0.39 is 15.9 Å². The molecular formula is C11H20O3S. The van der Waals surface area contributed by atoms with Crippen molar-refractivity contribution in [3.8, 4) is 0 Å². The second-order valence-corrected chi connectivity index (χ2v) is 6.69. The Morgan fingerprint density at radius 1 is 1.60 bits per heavy atom. The molecule has 4 heteroatoms. The zero-order valence-electron chi connectivity index (χ0n) is 9.28. The van der Waals surface area contributed by atoms with Crippen LogP contribution in [-0.4, -0.2) is 31.1 Å². The van der Waals surface area contributed by atoms with E-state index in [4.69, 9.17) is 0 Å². The van der Waals surface area contributed by atoms with Gasteiger partial charge < -0.3 is 5.11 Å². The molecule has 2 atom stereocenters. The molecule has 0 radical (unpaired) electrons. The van der Waals surface area contributed by atoms with Crippen molar-refractivity contribution in [2.24, 2.45) is 5.92 Å². The van der Waals surface area contributed by atoms with Crippen LogP contribution in [0.4, 0.5) is 0 Å². The molecule has 88 valence electrons. The van der Waals surface area contributed by atoms with Crippen molar-refractivity contribution in [3.05, 3.63) is 12.2 Å². The van der Waals surface area contributed by atoms with Crippen molar-refractivity contribution in [1.82, 2.24) is 0 Å². The van der Waals surface area contributed by atoms with Crippen LogP contribution in [0.3, 0.4) is 0 Å². The van der Waals surface area contributed by atoms with Crippen LogP contribution >= 0.6 is 0 Å². The van der Waals surface area contributed by atoms with Crippen LogP contribution in [0.5, 0.6) is 0 Å². The van der Waals surface area contributed by atoms with Gasteiger partial charge >= 0.3 is 0 Å². The van der Waals surface area contributed by atoms with Crippen LogP contribution < -0.4 is 0 Å². The maximum absolute atomic E-state index is 11.2. The van der Waals surface area contributed by atoms with Crippen LogP contribution in [0.2, 0.25) is 0 Å². The second kappa shape index (κ2) is 5.12. The van der Waals surface area contributed by atoms with Gasteiger partial charge in [0, 0.05) is 0 Å². The molecule has 1 aliphatic heterocycles. The highest BCUT2D eigenvalue weighted by Gasteiger charge is 2.29. The van der Waals surface area contributed by atoms with Gasteiger partial charge in [-0.2, -0.15) is 0 Å². The fraction of sp³-hybridized carbons (Fsp3) is 0.818. The van der Waals surface area contributed by atoms with E-state index in [1.165, 1.54) is 0 Å². The maximum Gasteiger partial charge on any atom is 0.150 e. The minimum Gasteiger partial charge on any atom is -0.393 e. The van der Waals surface area contributed by atoms with E-state index in [-0.39, 0.29) is 11.7 Å². The molecule has 0 saturated carbocycles. The summed E-state index contributed by atoms with van der Waals surface area (Å²) in [5.74, 6) is 0.691. The van der Waals surface area contributed by atoms with E-state index in [9.17, 15) is 13.5 Å². The zero-order valence-corrected chi connectivity index (χ0v) is 10.1. The van der Waals surface area contributed by atoms with Crippen molar-refractivity contribution in [3.63, 3.8) is 0 Å². The fourth-order valence-corrected chi connectivity index (χ4v) is 3.88. The van der Waals surface area contributed by atoms with Gasteiger partial charge in [-0.15, -0.1) is 0 Å². The Morgan fingerprint density at radius 3 is 2.73 bits per heavy atom. The first-order valence-electron chi connectivity index (χ1n) is 5.48.